The average molecular weight is 404 g/mol. The van der Waals surface area contributed by atoms with Crippen molar-refractivity contribution in [3.63, 3.8) is 0 Å². The van der Waals surface area contributed by atoms with Crippen LogP contribution in [0.3, 0.4) is 0 Å². The molecule has 0 radical (unpaired) electrons. The molecule has 0 atom stereocenters. The van der Waals surface area contributed by atoms with Crippen molar-refractivity contribution in [1.29, 1.82) is 0 Å². The maximum atomic E-state index is 12.4. The van der Waals surface area contributed by atoms with Crippen molar-refractivity contribution in [3.05, 3.63) is 86.5 Å². The highest BCUT2D eigenvalue weighted by atomic mass is 35.5. The van der Waals surface area contributed by atoms with Gasteiger partial charge in [0.1, 0.15) is 10.8 Å². The van der Waals surface area contributed by atoms with Gasteiger partial charge in [-0.15, -0.1) is 0 Å². The van der Waals surface area contributed by atoms with Gasteiger partial charge in [0.05, 0.1) is 15.5 Å². The van der Waals surface area contributed by atoms with Crippen LogP contribution in [0.1, 0.15) is 10.4 Å². The molecule has 2 aromatic carbocycles. The lowest BCUT2D eigenvalue weighted by Crippen LogP contribution is -2.12. The lowest BCUT2D eigenvalue weighted by Gasteiger charge is -2.09. The summed E-state index contributed by atoms with van der Waals surface area (Å²) in [5.74, 6) is 0.173. The number of nitro benzene ring substituents is 1. The van der Waals surface area contributed by atoms with Gasteiger partial charge in [0.25, 0.3) is 11.6 Å². The Morgan fingerprint density at radius 3 is 2.48 bits per heavy atom. The molecule has 3 aromatic rings. The van der Waals surface area contributed by atoms with Gasteiger partial charge >= 0.3 is 0 Å². The number of hydrogen-bond donors (Lipinski definition) is 1. The predicted molar refractivity (Wildman–Crippen MR) is 102 cm³/mol. The minimum absolute atomic E-state index is 0.00598. The van der Waals surface area contributed by atoms with E-state index in [4.69, 9.17) is 27.9 Å². The molecule has 0 saturated heterocycles. The van der Waals surface area contributed by atoms with Crippen molar-refractivity contribution in [2.45, 2.75) is 0 Å². The summed E-state index contributed by atoms with van der Waals surface area (Å²) in [4.78, 5) is 26.6. The van der Waals surface area contributed by atoms with E-state index in [1.54, 1.807) is 42.6 Å². The monoisotopic (exact) mass is 403 g/mol. The number of ether oxygens (including phenoxy) is 1. The fourth-order valence-corrected chi connectivity index (χ4v) is 2.53. The number of halogens is 2. The molecule has 0 spiro atoms. The third kappa shape index (κ3) is 4.52. The molecule has 7 nitrogen and oxygen atoms in total. The number of nitrogens with zero attached hydrogens (tertiary/aromatic N) is 2. The summed E-state index contributed by atoms with van der Waals surface area (Å²) in [6.45, 7) is 0. The Labute approximate surface area is 163 Å². The molecule has 136 valence electrons. The third-order valence-corrected chi connectivity index (χ3v) is 4.07. The molecule has 3 rings (SSSR count). The first-order valence-electron chi connectivity index (χ1n) is 7.58. The van der Waals surface area contributed by atoms with Crippen molar-refractivity contribution in [3.8, 4) is 11.6 Å². The summed E-state index contributed by atoms with van der Waals surface area (Å²) in [5, 5.41) is 14.0. The van der Waals surface area contributed by atoms with Crippen LogP contribution in [0.4, 0.5) is 11.4 Å². The number of pyridine rings is 1. The van der Waals surface area contributed by atoms with Gasteiger partial charge in [-0.3, -0.25) is 14.9 Å². The van der Waals surface area contributed by atoms with Crippen LogP contribution in [-0.2, 0) is 0 Å². The van der Waals surface area contributed by atoms with E-state index in [-0.39, 0.29) is 22.2 Å². The first-order chi connectivity index (χ1) is 12.9. The van der Waals surface area contributed by atoms with Crippen molar-refractivity contribution >= 4 is 40.5 Å². The second kappa shape index (κ2) is 8.03. The van der Waals surface area contributed by atoms with Gasteiger partial charge in [-0.05, 0) is 42.5 Å². The molecule has 0 aliphatic rings. The third-order valence-electron chi connectivity index (χ3n) is 3.46. The van der Waals surface area contributed by atoms with Crippen LogP contribution in [0, 0.1) is 10.1 Å². The van der Waals surface area contributed by atoms with Gasteiger partial charge in [0, 0.05) is 24.0 Å². The first kappa shape index (κ1) is 18.6. The fourth-order valence-electron chi connectivity index (χ4n) is 2.16. The van der Waals surface area contributed by atoms with Crippen LogP contribution >= 0.6 is 23.2 Å². The van der Waals surface area contributed by atoms with E-state index in [1.165, 1.54) is 12.1 Å². The second-order valence-corrected chi connectivity index (χ2v) is 6.11. The number of rotatable bonds is 5. The Morgan fingerprint density at radius 1 is 1.07 bits per heavy atom. The number of nitro groups is 1. The van der Waals surface area contributed by atoms with Crippen LogP contribution in [0.5, 0.6) is 11.6 Å². The van der Waals surface area contributed by atoms with Crippen molar-refractivity contribution < 1.29 is 14.5 Å². The zero-order valence-corrected chi connectivity index (χ0v) is 15.1. The molecule has 9 heteroatoms. The second-order valence-electron chi connectivity index (χ2n) is 5.29. The number of nitrogens with one attached hydrogen (secondary N) is 1. The van der Waals surface area contributed by atoms with E-state index in [9.17, 15) is 14.9 Å². The number of carbonyl (C=O) groups excluding carboxylic acids is 1. The molecule has 1 amide bonds. The smallest absolute Gasteiger partial charge is 0.270 e. The molecule has 1 heterocycles. The summed E-state index contributed by atoms with van der Waals surface area (Å²) in [5.41, 5.74) is 0.244. The standard InChI is InChI=1S/C18H11Cl2N3O4/c19-15-8-5-12(23(25)26)10-14(15)17(24)22-11-3-6-13(7-4-11)27-18-16(20)2-1-9-21-18/h1-10H,(H,22,24). The van der Waals surface area contributed by atoms with Crippen LogP contribution in [-0.4, -0.2) is 15.8 Å². The van der Waals surface area contributed by atoms with E-state index in [2.05, 4.69) is 10.3 Å². The predicted octanol–water partition coefficient (Wildman–Crippen LogP) is 5.34. The van der Waals surface area contributed by atoms with Gasteiger partial charge in [0.2, 0.25) is 5.88 Å². The quantitative estimate of drug-likeness (QED) is 0.458. The van der Waals surface area contributed by atoms with Crippen LogP contribution in [0.25, 0.3) is 0 Å². The van der Waals surface area contributed by atoms with E-state index < -0.39 is 10.8 Å². The Hall–Kier alpha value is -3.16. The zero-order valence-electron chi connectivity index (χ0n) is 13.6. The summed E-state index contributed by atoms with van der Waals surface area (Å²) in [6, 6.07) is 13.5. The zero-order chi connectivity index (χ0) is 19.4. The number of amides is 1. The Morgan fingerprint density at radius 2 is 1.81 bits per heavy atom. The maximum absolute atomic E-state index is 12.4. The molecule has 0 fully saturated rings. The molecule has 1 N–H and O–H groups in total. The number of carbonyl (C=O) groups is 1. The average Bonchev–Trinajstić information content (AvgIpc) is 2.65. The van der Waals surface area contributed by atoms with E-state index in [1.807, 2.05) is 0 Å². The van der Waals surface area contributed by atoms with Gasteiger partial charge in [-0.2, -0.15) is 0 Å². The highest BCUT2D eigenvalue weighted by molar-refractivity contribution is 6.34. The topological polar surface area (TPSA) is 94.4 Å². The van der Waals surface area contributed by atoms with Gasteiger partial charge in [0.15, 0.2) is 0 Å². The van der Waals surface area contributed by atoms with E-state index >= 15 is 0 Å². The number of hydrogen-bond acceptors (Lipinski definition) is 5. The number of benzene rings is 2. The van der Waals surface area contributed by atoms with Gasteiger partial charge < -0.3 is 10.1 Å². The van der Waals surface area contributed by atoms with Gasteiger partial charge in [-0.25, -0.2) is 4.98 Å². The van der Waals surface area contributed by atoms with Crippen molar-refractivity contribution in [2.75, 3.05) is 5.32 Å². The Kier molecular flexibility index (Phi) is 5.54. The number of aromatic nitrogens is 1. The molecule has 0 unspecified atom stereocenters. The van der Waals surface area contributed by atoms with Crippen LogP contribution < -0.4 is 10.1 Å². The summed E-state index contributed by atoms with van der Waals surface area (Å²) >= 11 is 12.0. The van der Waals surface area contributed by atoms with E-state index in [0.29, 0.717) is 16.5 Å². The molecular weight excluding hydrogens is 393 g/mol. The maximum Gasteiger partial charge on any atom is 0.270 e. The molecule has 0 aliphatic heterocycles. The molecule has 0 saturated carbocycles. The van der Waals surface area contributed by atoms with Crippen LogP contribution in [0.2, 0.25) is 10.0 Å². The highest BCUT2D eigenvalue weighted by Crippen LogP contribution is 2.28. The van der Waals surface area contributed by atoms with Crippen molar-refractivity contribution in [2.24, 2.45) is 0 Å². The molecular formula is C18H11Cl2N3O4. The lowest BCUT2D eigenvalue weighted by molar-refractivity contribution is -0.384. The minimum Gasteiger partial charge on any atom is -0.438 e. The molecule has 0 bridgehead atoms. The molecule has 27 heavy (non-hydrogen) atoms. The first-order valence-corrected chi connectivity index (χ1v) is 8.33. The summed E-state index contributed by atoms with van der Waals surface area (Å²) in [7, 11) is 0. The summed E-state index contributed by atoms with van der Waals surface area (Å²) in [6.07, 6.45) is 1.55. The van der Waals surface area contributed by atoms with Crippen LogP contribution in [0.15, 0.2) is 60.8 Å². The van der Waals surface area contributed by atoms with E-state index in [0.717, 1.165) is 6.07 Å². The summed E-state index contributed by atoms with van der Waals surface area (Å²) < 4.78 is 5.56. The van der Waals surface area contributed by atoms with Gasteiger partial charge in [-0.1, -0.05) is 23.2 Å². The largest absolute Gasteiger partial charge is 0.438 e. The minimum atomic E-state index is -0.595. The number of non-ortho nitro benzene ring substituents is 1. The van der Waals surface area contributed by atoms with Crippen molar-refractivity contribution in [1.82, 2.24) is 4.98 Å². The molecule has 1 aromatic heterocycles. The fraction of sp³-hybridized carbons (Fsp3) is 0. The number of anilines is 1. The Balaban J connectivity index is 1.73. The normalized spacial score (nSPS) is 10.3. The highest BCUT2D eigenvalue weighted by Gasteiger charge is 2.16. The Bertz CT molecular complexity index is 1010. The lowest BCUT2D eigenvalue weighted by atomic mass is 10.2. The SMILES string of the molecule is O=C(Nc1ccc(Oc2ncccc2Cl)cc1)c1cc([N+](=O)[O-])ccc1Cl. The molecule has 0 aliphatic carbocycles.